The minimum absolute atomic E-state index is 0.570. The molecule has 7 aromatic carbocycles. The number of fused-ring (bicyclic) bond motifs is 6. The quantitative estimate of drug-likeness (QED) is 0.167. The van der Waals surface area contributed by atoms with Gasteiger partial charge in [0.05, 0.1) is 63.8 Å². The molecule has 0 saturated carbocycles. The van der Waals surface area contributed by atoms with E-state index in [0.29, 0.717) is 16.8 Å². The van der Waals surface area contributed by atoms with Gasteiger partial charge in [-0.15, -0.1) is 0 Å². The molecule has 6 nitrogen and oxygen atoms in total. The smallest absolute Gasteiger partial charge is 0.187 e. The number of nitrogens with zero attached hydrogens (tertiary/aromatic N) is 6. The Kier molecular flexibility index (Phi) is 7.53. The molecule has 10 aromatic rings. The Balaban J connectivity index is 1.22. The van der Waals surface area contributed by atoms with Crippen LogP contribution in [0.3, 0.4) is 0 Å². The second-order valence-corrected chi connectivity index (χ2v) is 13.7. The number of nitriles is 2. The van der Waals surface area contributed by atoms with Crippen LogP contribution in [0.25, 0.3) is 93.3 Å². The van der Waals surface area contributed by atoms with E-state index in [9.17, 15) is 10.5 Å². The van der Waals surface area contributed by atoms with E-state index in [1.165, 1.54) is 0 Å². The first kappa shape index (κ1) is 32.4. The van der Waals surface area contributed by atoms with Crippen molar-refractivity contribution >= 4 is 49.3 Å². The molecule has 0 aliphatic carbocycles. The SMILES string of the molecule is [C-]#[N+]c1cccc(-c2ccc3c(c2)c2ccccc2n3-c2cnc(-n3c4ccccc4c4cc(-c5cccc(C#N)c5)ccc43)cc2-c2ccccc2C#N)c1. The zero-order valence-electron chi connectivity index (χ0n) is 29.8. The predicted octanol–water partition coefficient (Wildman–Crippen LogP) is 12.6. The number of hydrogen-bond acceptors (Lipinski definition) is 3. The Morgan fingerprint density at radius 3 is 1.77 bits per heavy atom. The Bertz CT molecular complexity index is 3360. The summed E-state index contributed by atoms with van der Waals surface area (Å²) in [6, 6.07) is 59.5. The molecule has 0 radical (unpaired) electrons. The summed E-state index contributed by atoms with van der Waals surface area (Å²) in [5.41, 5.74) is 12.4. The van der Waals surface area contributed by atoms with Gasteiger partial charge in [0.2, 0.25) is 0 Å². The van der Waals surface area contributed by atoms with E-state index in [-0.39, 0.29) is 0 Å². The van der Waals surface area contributed by atoms with Crippen LogP contribution < -0.4 is 0 Å². The van der Waals surface area contributed by atoms with Gasteiger partial charge in [-0.25, -0.2) is 9.83 Å². The van der Waals surface area contributed by atoms with Crippen LogP contribution in [0.4, 0.5) is 5.69 Å². The van der Waals surface area contributed by atoms with Crippen molar-refractivity contribution in [3.8, 4) is 57.0 Å². The fourth-order valence-corrected chi connectivity index (χ4v) is 8.10. The molecule has 0 aliphatic rings. The van der Waals surface area contributed by atoms with E-state index in [0.717, 1.165) is 88.5 Å². The largest absolute Gasteiger partial charge is 0.307 e. The number of hydrogen-bond donors (Lipinski definition) is 0. The molecule has 3 heterocycles. The molecule has 0 amide bonds. The molecule has 0 unspecified atom stereocenters. The highest BCUT2D eigenvalue weighted by molar-refractivity contribution is 6.12. The lowest BCUT2D eigenvalue weighted by Crippen LogP contribution is -2.04. The summed E-state index contributed by atoms with van der Waals surface area (Å²) in [4.78, 5) is 8.87. The first-order chi connectivity index (χ1) is 27.6. The van der Waals surface area contributed by atoms with Crippen LogP contribution in [0, 0.1) is 29.2 Å². The fourth-order valence-electron chi connectivity index (χ4n) is 8.10. The molecule has 258 valence electrons. The molecular formula is C50H28N6. The van der Waals surface area contributed by atoms with Crippen LogP contribution in [0.5, 0.6) is 0 Å². The molecule has 6 heteroatoms. The summed E-state index contributed by atoms with van der Waals surface area (Å²) in [5, 5.41) is 24.3. The molecule has 10 rings (SSSR count). The molecule has 3 aromatic heterocycles. The highest BCUT2D eigenvalue weighted by atomic mass is 15.1. The zero-order valence-corrected chi connectivity index (χ0v) is 29.8. The monoisotopic (exact) mass is 712 g/mol. The minimum atomic E-state index is 0.570. The van der Waals surface area contributed by atoms with Crippen LogP contribution in [-0.2, 0) is 0 Å². The molecule has 0 bridgehead atoms. The first-order valence-electron chi connectivity index (χ1n) is 18.2. The molecule has 0 aliphatic heterocycles. The van der Waals surface area contributed by atoms with Crippen molar-refractivity contribution in [1.29, 1.82) is 10.5 Å². The predicted molar refractivity (Wildman–Crippen MR) is 225 cm³/mol. The summed E-state index contributed by atoms with van der Waals surface area (Å²) in [7, 11) is 0. The van der Waals surface area contributed by atoms with Crippen molar-refractivity contribution in [3.05, 3.63) is 193 Å². The fraction of sp³-hybridized carbons (Fsp3) is 0. The number of para-hydroxylation sites is 2. The van der Waals surface area contributed by atoms with Crippen molar-refractivity contribution in [2.24, 2.45) is 0 Å². The Labute approximate surface area is 322 Å². The molecular weight excluding hydrogens is 685 g/mol. The van der Waals surface area contributed by atoms with E-state index < -0.39 is 0 Å². The van der Waals surface area contributed by atoms with Gasteiger partial charge in [0.25, 0.3) is 0 Å². The molecule has 56 heavy (non-hydrogen) atoms. The van der Waals surface area contributed by atoms with Crippen LogP contribution in [0.1, 0.15) is 11.1 Å². The van der Waals surface area contributed by atoms with Gasteiger partial charge in [-0.1, -0.05) is 97.1 Å². The third-order valence-electron chi connectivity index (χ3n) is 10.7. The van der Waals surface area contributed by atoms with Gasteiger partial charge in [0.1, 0.15) is 5.82 Å². The standard InChI is InChI=1S/C50H28N6/c1-53-38-14-9-13-34(25-38)36-20-22-47-42(27-36)40-16-4-6-18-45(40)55(47)49-31-54-50(28-44(49)39-15-3-2-11-37(39)30-52)56-46-19-7-5-17-41(46)43-26-35(21-23-48(43)56)33-12-8-10-32(24-33)29-51/h2-28,31H. The van der Waals surface area contributed by atoms with Gasteiger partial charge in [-0.2, -0.15) is 10.5 Å². The van der Waals surface area contributed by atoms with E-state index >= 15 is 0 Å². The highest BCUT2D eigenvalue weighted by Gasteiger charge is 2.21. The lowest BCUT2D eigenvalue weighted by Gasteiger charge is -2.17. The van der Waals surface area contributed by atoms with Crippen molar-refractivity contribution < 1.29 is 0 Å². The summed E-state index contributed by atoms with van der Waals surface area (Å²) in [6.07, 6.45) is 1.93. The topological polar surface area (TPSA) is 74.7 Å². The maximum absolute atomic E-state index is 10.4. The minimum Gasteiger partial charge on any atom is -0.307 e. The zero-order chi connectivity index (χ0) is 37.8. The van der Waals surface area contributed by atoms with Crippen molar-refractivity contribution in [3.63, 3.8) is 0 Å². The van der Waals surface area contributed by atoms with Gasteiger partial charge in [-0.3, -0.25) is 4.57 Å². The van der Waals surface area contributed by atoms with Gasteiger partial charge in [0.15, 0.2) is 5.69 Å². The summed E-state index contributed by atoms with van der Waals surface area (Å²) in [6.45, 7) is 7.54. The number of pyridine rings is 1. The normalized spacial score (nSPS) is 11.2. The molecule has 0 fully saturated rings. The second-order valence-electron chi connectivity index (χ2n) is 13.7. The Morgan fingerprint density at radius 2 is 1.07 bits per heavy atom. The van der Waals surface area contributed by atoms with Crippen molar-refractivity contribution in [2.75, 3.05) is 0 Å². The van der Waals surface area contributed by atoms with Crippen molar-refractivity contribution in [1.82, 2.24) is 14.1 Å². The molecule has 0 saturated heterocycles. The van der Waals surface area contributed by atoms with E-state index in [2.05, 4.69) is 105 Å². The summed E-state index contributed by atoms with van der Waals surface area (Å²) < 4.78 is 4.44. The van der Waals surface area contributed by atoms with Crippen LogP contribution >= 0.6 is 0 Å². The third-order valence-corrected chi connectivity index (χ3v) is 10.7. The Morgan fingerprint density at radius 1 is 0.482 bits per heavy atom. The molecule has 0 N–H and O–H groups in total. The molecule has 0 spiro atoms. The summed E-state index contributed by atoms with van der Waals surface area (Å²) in [5.74, 6) is 0.727. The number of benzene rings is 7. The van der Waals surface area contributed by atoms with Gasteiger partial charge >= 0.3 is 0 Å². The first-order valence-corrected chi connectivity index (χ1v) is 18.2. The van der Waals surface area contributed by atoms with Crippen LogP contribution in [-0.4, -0.2) is 14.1 Å². The average Bonchev–Trinajstić information content (AvgIpc) is 3.78. The van der Waals surface area contributed by atoms with Gasteiger partial charge < -0.3 is 4.57 Å². The van der Waals surface area contributed by atoms with E-state index in [4.69, 9.17) is 11.6 Å². The van der Waals surface area contributed by atoms with Gasteiger partial charge in [-0.05, 0) is 89.0 Å². The van der Waals surface area contributed by atoms with Crippen LogP contribution in [0.15, 0.2) is 170 Å². The van der Waals surface area contributed by atoms with Crippen LogP contribution in [0.2, 0.25) is 0 Å². The average molecular weight is 713 g/mol. The Hall–Kier alpha value is -8.24. The number of rotatable bonds is 5. The van der Waals surface area contributed by atoms with E-state index in [1.807, 2.05) is 91.1 Å². The third kappa shape index (κ3) is 5.12. The summed E-state index contributed by atoms with van der Waals surface area (Å²) >= 11 is 0. The van der Waals surface area contributed by atoms with E-state index in [1.54, 1.807) is 0 Å². The maximum Gasteiger partial charge on any atom is 0.187 e. The number of aromatic nitrogens is 3. The van der Waals surface area contributed by atoms with Gasteiger partial charge in [0, 0.05) is 32.7 Å². The highest BCUT2D eigenvalue weighted by Crippen LogP contribution is 2.41. The lowest BCUT2D eigenvalue weighted by molar-refractivity contribution is 1.06. The maximum atomic E-state index is 10.4. The lowest BCUT2D eigenvalue weighted by atomic mass is 9.99. The van der Waals surface area contributed by atoms with Crippen molar-refractivity contribution in [2.45, 2.75) is 0 Å². The molecule has 0 atom stereocenters. The second kappa shape index (κ2) is 13.0.